The van der Waals surface area contributed by atoms with E-state index in [4.69, 9.17) is 10.8 Å². The average Bonchev–Trinajstić information content (AvgIpc) is 1.88. The second-order valence-electron chi connectivity index (χ2n) is 2.62. The predicted octanol–water partition coefficient (Wildman–Crippen LogP) is 1.74. The first-order valence-corrected chi connectivity index (χ1v) is 4.79. The number of rotatable bonds is 5. The highest BCUT2D eigenvalue weighted by molar-refractivity contribution is 14.1. The van der Waals surface area contributed by atoms with Crippen LogP contribution in [0.25, 0.3) is 0 Å². The van der Waals surface area contributed by atoms with Crippen molar-refractivity contribution in [1.82, 2.24) is 0 Å². The minimum absolute atomic E-state index is 0.552. The summed E-state index contributed by atoms with van der Waals surface area (Å²) in [7, 11) is 0. The Morgan fingerprint density at radius 3 is 2.55 bits per heavy atom. The molecule has 1 unspecified atom stereocenters. The smallest absolute Gasteiger partial charge is 0.333 e. The van der Waals surface area contributed by atoms with Crippen LogP contribution in [0.1, 0.15) is 32.6 Å². The third-order valence-corrected chi connectivity index (χ3v) is 2.50. The maximum Gasteiger partial charge on any atom is 0.333 e. The van der Waals surface area contributed by atoms with Crippen molar-refractivity contribution in [2.75, 3.05) is 0 Å². The standard InChI is InChI=1S/C7H14INO2/c1-2-3-4-5-7(8,9)6(10)11/h2-5,9H2,1H3,(H,10,11). The van der Waals surface area contributed by atoms with Crippen molar-refractivity contribution in [3.63, 3.8) is 0 Å². The largest absolute Gasteiger partial charge is 0.479 e. The molecule has 66 valence electrons. The molecule has 4 heteroatoms. The quantitative estimate of drug-likeness (QED) is 0.346. The summed E-state index contributed by atoms with van der Waals surface area (Å²) in [5, 5.41) is 8.61. The maximum absolute atomic E-state index is 10.5. The van der Waals surface area contributed by atoms with E-state index in [9.17, 15) is 4.79 Å². The van der Waals surface area contributed by atoms with E-state index in [2.05, 4.69) is 6.92 Å². The van der Waals surface area contributed by atoms with Gasteiger partial charge in [0.05, 0.1) is 0 Å². The van der Waals surface area contributed by atoms with Gasteiger partial charge in [0.15, 0.2) is 3.55 Å². The Labute approximate surface area is 80.5 Å². The molecule has 1 atom stereocenters. The van der Waals surface area contributed by atoms with Crippen molar-refractivity contribution in [2.24, 2.45) is 5.73 Å². The number of carboxylic acids is 1. The van der Waals surface area contributed by atoms with Crippen LogP contribution in [0.2, 0.25) is 0 Å². The zero-order valence-corrected chi connectivity index (χ0v) is 8.80. The van der Waals surface area contributed by atoms with Crippen LogP contribution in [0, 0.1) is 0 Å². The van der Waals surface area contributed by atoms with Crippen LogP contribution >= 0.6 is 22.6 Å². The molecule has 0 aliphatic rings. The van der Waals surface area contributed by atoms with Gasteiger partial charge in [0, 0.05) is 0 Å². The van der Waals surface area contributed by atoms with E-state index in [0.29, 0.717) is 6.42 Å². The third kappa shape index (κ3) is 4.58. The Balaban J connectivity index is 3.64. The number of unbranched alkanes of at least 4 members (excludes halogenated alkanes) is 2. The zero-order valence-electron chi connectivity index (χ0n) is 6.64. The van der Waals surface area contributed by atoms with Crippen LogP contribution < -0.4 is 5.73 Å². The lowest BCUT2D eigenvalue weighted by atomic mass is 10.1. The highest BCUT2D eigenvalue weighted by Crippen LogP contribution is 2.19. The minimum Gasteiger partial charge on any atom is -0.479 e. The minimum atomic E-state index is -1.06. The number of halogens is 1. The first kappa shape index (κ1) is 11.2. The maximum atomic E-state index is 10.5. The van der Waals surface area contributed by atoms with Gasteiger partial charge in [-0.05, 0) is 29.0 Å². The van der Waals surface area contributed by atoms with Gasteiger partial charge < -0.3 is 10.8 Å². The van der Waals surface area contributed by atoms with E-state index in [0.717, 1.165) is 19.3 Å². The second kappa shape index (κ2) is 4.92. The number of carbonyl (C=O) groups is 1. The number of carboxylic acid groups (broad SMARTS) is 1. The van der Waals surface area contributed by atoms with E-state index in [-0.39, 0.29) is 0 Å². The molecule has 0 fully saturated rings. The summed E-state index contributed by atoms with van der Waals surface area (Å²) in [6.45, 7) is 2.08. The summed E-state index contributed by atoms with van der Waals surface area (Å²) in [5.74, 6) is -0.922. The Kier molecular flexibility index (Phi) is 4.99. The number of aliphatic carboxylic acids is 1. The highest BCUT2D eigenvalue weighted by atomic mass is 127. The van der Waals surface area contributed by atoms with Gasteiger partial charge in [-0.3, -0.25) is 0 Å². The normalized spacial score (nSPS) is 15.9. The lowest BCUT2D eigenvalue weighted by molar-refractivity contribution is -0.139. The Hall–Kier alpha value is 0.160. The average molecular weight is 271 g/mol. The van der Waals surface area contributed by atoms with E-state index in [1.54, 1.807) is 22.6 Å². The van der Waals surface area contributed by atoms with Crippen molar-refractivity contribution in [3.8, 4) is 0 Å². The molecule has 0 saturated heterocycles. The molecule has 0 aromatic rings. The predicted molar refractivity (Wildman–Crippen MR) is 52.7 cm³/mol. The molecule has 0 aliphatic heterocycles. The Morgan fingerprint density at radius 1 is 1.64 bits per heavy atom. The van der Waals surface area contributed by atoms with Gasteiger partial charge >= 0.3 is 5.97 Å². The van der Waals surface area contributed by atoms with Crippen molar-refractivity contribution < 1.29 is 9.90 Å². The zero-order chi connectivity index (χ0) is 8.91. The molecule has 0 amide bonds. The molecule has 0 rings (SSSR count). The van der Waals surface area contributed by atoms with Crippen LogP contribution in [0.3, 0.4) is 0 Å². The molecule has 0 radical (unpaired) electrons. The van der Waals surface area contributed by atoms with E-state index >= 15 is 0 Å². The van der Waals surface area contributed by atoms with Crippen LogP contribution in [-0.2, 0) is 4.79 Å². The van der Waals surface area contributed by atoms with Gasteiger partial charge in [-0.15, -0.1) is 0 Å². The van der Waals surface area contributed by atoms with Crippen molar-refractivity contribution in [1.29, 1.82) is 0 Å². The van der Waals surface area contributed by atoms with Crippen LogP contribution in [0.5, 0.6) is 0 Å². The molecule has 11 heavy (non-hydrogen) atoms. The monoisotopic (exact) mass is 271 g/mol. The highest BCUT2D eigenvalue weighted by Gasteiger charge is 2.28. The van der Waals surface area contributed by atoms with Crippen LogP contribution in [0.15, 0.2) is 0 Å². The fraction of sp³-hybridized carbons (Fsp3) is 0.857. The molecule has 0 saturated carbocycles. The lowest BCUT2D eigenvalue weighted by Gasteiger charge is -2.15. The van der Waals surface area contributed by atoms with E-state index in [1.165, 1.54) is 0 Å². The molecule has 3 N–H and O–H groups in total. The number of alkyl halides is 1. The first-order chi connectivity index (χ1) is 5.00. The molecule has 0 aliphatic carbocycles. The summed E-state index contributed by atoms with van der Waals surface area (Å²) in [6, 6.07) is 0. The fourth-order valence-electron chi connectivity index (χ4n) is 0.739. The number of hydrogen-bond donors (Lipinski definition) is 2. The van der Waals surface area contributed by atoms with E-state index < -0.39 is 9.51 Å². The molecular weight excluding hydrogens is 257 g/mol. The molecule has 3 nitrogen and oxygen atoms in total. The summed E-state index contributed by atoms with van der Waals surface area (Å²) in [4.78, 5) is 10.5. The summed E-state index contributed by atoms with van der Waals surface area (Å²) < 4.78 is -1.06. The SMILES string of the molecule is CCCCCC(N)(I)C(=O)O. The number of nitrogens with two attached hydrogens (primary N) is 1. The molecule has 0 bridgehead atoms. The topological polar surface area (TPSA) is 63.3 Å². The fourth-order valence-corrected chi connectivity index (χ4v) is 1.12. The van der Waals surface area contributed by atoms with Gasteiger partial charge in [-0.25, -0.2) is 4.79 Å². The number of hydrogen-bond acceptors (Lipinski definition) is 2. The van der Waals surface area contributed by atoms with Crippen LogP contribution in [0.4, 0.5) is 0 Å². The molecule has 0 spiro atoms. The lowest BCUT2D eigenvalue weighted by Crippen LogP contribution is -2.41. The van der Waals surface area contributed by atoms with Gasteiger partial charge in [0.1, 0.15) is 0 Å². The van der Waals surface area contributed by atoms with Crippen molar-refractivity contribution in [3.05, 3.63) is 0 Å². The third-order valence-electron chi connectivity index (χ3n) is 1.50. The molecule has 0 aromatic carbocycles. The van der Waals surface area contributed by atoms with Crippen LogP contribution in [-0.4, -0.2) is 14.6 Å². The molecular formula is C7H14INO2. The first-order valence-electron chi connectivity index (χ1n) is 3.72. The Morgan fingerprint density at radius 2 is 2.18 bits per heavy atom. The van der Waals surface area contributed by atoms with E-state index in [1.807, 2.05) is 0 Å². The van der Waals surface area contributed by atoms with Crippen molar-refractivity contribution >= 4 is 28.6 Å². The van der Waals surface area contributed by atoms with Gasteiger partial charge in [-0.2, -0.15) is 0 Å². The Bertz CT molecular complexity index is 136. The summed E-state index contributed by atoms with van der Waals surface area (Å²) >= 11 is 1.78. The molecule has 0 heterocycles. The molecule has 0 aromatic heterocycles. The summed E-state index contributed by atoms with van der Waals surface area (Å²) in [6.07, 6.45) is 3.58. The van der Waals surface area contributed by atoms with Crippen molar-refractivity contribution in [2.45, 2.75) is 36.2 Å². The van der Waals surface area contributed by atoms with Gasteiger partial charge in [-0.1, -0.05) is 26.2 Å². The second-order valence-corrected chi connectivity index (χ2v) is 4.55. The van der Waals surface area contributed by atoms with Gasteiger partial charge in [0.2, 0.25) is 0 Å². The van der Waals surface area contributed by atoms with Gasteiger partial charge in [0.25, 0.3) is 0 Å². The summed E-state index contributed by atoms with van der Waals surface area (Å²) in [5.41, 5.74) is 5.49.